The van der Waals surface area contributed by atoms with Crippen LogP contribution < -0.4 is 5.32 Å². The summed E-state index contributed by atoms with van der Waals surface area (Å²) >= 11 is 0. The Labute approximate surface area is 112 Å². The van der Waals surface area contributed by atoms with Crippen molar-refractivity contribution in [3.05, 3.63) is 35.1 Å². The van der Waals surface area contributed by atoms with Crippen molar-refractivity contribution in [2.75, 3.05) is 13.1 Å². The Bertz CT molecular complexity index is 422. The van der Waals surface area contributed by atoms with E-state index in [1.54, 1.807) is 0 Å². The minimum Gasteiger partial charge on any atom is -0.316 e. The molecule has 0 spiro atoms. The van der Waals surface area contributed by atoms with Crippen LogP contribution in [-0.2, 0) is 0 Å². The van der Waals surface area contributed by atoms with Crippen LogP contribution in [0.1, 0.15) is 38.2 Å². The number of hydrogen-bond donors (Lipinski definition) is 1. The van der Waals surface area contributed by atoms with Gasteiger partial charge in [0.25, 0.3) is 0 Å². The average molecular weight is 271 g/mol. The van der Waals surface area contributed by atoms with E-state index < -0.39 is 17.5 Å². The van der Waals surface area contributed by atoms with Gasteiger partial charge < -0.3 is 5.32 Å². The Morgan fingerprint density at radius 3 is 2.42 bits per heavy atom. The first kappa shape index (κ1) is 14.4. The van der Waals surface area contributed by atoms with Crippen molar-refractivity contribution in [1.29, 1.82) is 0 Å². The molecule has 1 heterocycles. The normalized spacial score (nSPS) is 23.9. The van der Waals surface area contributed by atoms with Gasteiger partial charge in [-0.25, -0.2) is 13.2 Å². The van der Waals surface area contributed by atoms with E-state index in [1.807, 2.05) is 0 Å². The molecule has 1 nitrogen and oxygen atoms in total. The zero-order valence-corrected chi connectivity index (χ0v) is 11.3. The summed E-state index contributed by atoms with van der Waals surface area (Å²) in [6, 6.07) is 2.31. The van der Waals surface area contributed by atoms with Gasteiger partial charge in [-0.05, 0) is 61.4 Å². The van der Waals surface area contributed by atoms with E-state index in [1.165, 1.54) is 0 Å². The molecule has 1 N–H and O–H groups in total. The van der Waals surface area contributed by atoms with E-state index >= 15 is 0 Å². The molecule has 1 fully saturated rings. The molecule has 2 atom stereocenters. The van der Waals surface area contributed by atoms with Crippen LogP contribution >= 0.6 is 0 Å². The van der Waals surface area contributed by atoms with Crippen LogP contribution in [0.25, 0.3) is 0 Å². The molecule has 1 saturated heterocycles. The first-order valence-corrected chi connectivity index (χ1v) is 6.84. The number of halogens is 3. The van der Waals surface area contributed by atoms with Crippen LogP contribution in [0, 0.1) is 29.3 Å². The van der Waals surface area contributed by atoms with E-state index in [2.05, 4.69) is 19.2 Å². The van der Waals surface area contributed by atoms with Crippen molar-refractivity contribution in [2.45, 2.75) is 32.6 Å². The van der Waals surface area contributed by atoms with Gasteiger partial charge >= 0.3 is 0 Å². The SMILES string of the molecule is CC(C)CC1CNCCC1c1cc(F)c(F)c(F)c1. The highest BCUT2D eigenvalue weighted by atomic mass is 19.2. The largest absolute Gasteiger partial charge is 0.316 e. The fourth-order valence-electron chi connectivity index (χ4n) is 3.00. The number of nitrogens with one attached hydrogen (secondary N) is 1. The monoisotopic (exact) mass is 271 g/mol. The molecular formula is C15H20F3N. The van der Waals surface area contributed by atoms with Crippen LogP contribution in [0.4, 0.5) is 13.2 Å². The van der Waals surface area contributed by atoms with Crippen molar-refractivity contribution in [3.63, 3.8) is 0 Å². The lowest BCUT2D eigenvalue weighted by atomic mass is 9.77. The summed E-state index contributed by atoms with van der Waals surface area (Å²) < 4.78 is 39.7. The molecule has 0 aliphatic carbocycles. The van der Waals surface area contributed by atoms with E-state index in [4.69, 9.17) is 0 Å². The van der Waals surface area contributed by atoms with Gasteiger partial charge in [0.05, 0.1) is 0 Å². The fourth-order valence-corrected chi connectivity index (χ4v) is 3.00. The van der Waals surface area contributed by atoms with Crippen LogP contribution in [0.3, 0.4) is 0 Å². The maximum Gasteiger partial charge on any atom is 0.194 e. The number of benzene rings is 1. The highest BCUT2D eigenvalue weighted by Gasteiger charge is 2.28. The zero-order chi connectivity index (χ0) is 14.0. The van der Waals surface area contributed by atoms with Crippen molar-refractivity contribution in [3.8, 4) is 0 Å². The average Bonchev–Trinajstić information content (AvgIpc) is 2.35. The van der Waals surface area contributed by atoms with Gasteiger partial charge in [0, 0.05) is 0 Å². The molecule has 2 rings (SSSR count). The summed E-state index contributed by atoms with van der Waals surface area (Å²) in [5, 5.41) is 3.32. The van der Waals surface area contributed by atoms with Gasteiger partial charge in [0.1, 0.15) is 0 Å². The molecule has 0 radical (unpaired) electrons. The molecule has 1 aromatic carbocycles. The minimum atomic E-state index is -1.38. The van der Waals surface area contributed by atoms with Gasteiger partial charge in [-0.2, -0.15) is 0 Å². The van der Waals surface area contributed by atoms with E-state index in [9.17, 15) is 13.2 Å². The third-order valence-corrected chi connectivity index (χ3v) is 3.82. The van der Waals surface area contributed by atoms with Crippen LogP contribution in [0.2, 0.25) is 0 Å². The summed E-state index contributed by atoms with van der Waals surface area (Å²) in [4.78, 5) is 0. The number of rotatable bonds is 3. The second-order valence-electron chi connectivity index (χ2n) is 5.79. The third-order valence-electron chi connectivity index (χ3n) is 3.82. The lowest BCUT2D eigenvalue weighted by molar-refractivity contribution is 0.278. The van der Waals surface area contributed by atoms with Crippen LogP contribution in [-0.4, -0.2) is 13.1 Å². The minimum absolute atomic E-state index is 0.105. The summed E-state index contributed by atoms with van der Waals surface area (Å²) in [7, 11) is 0. The molecule has 4 heteroatoms. The second kappa shape index (κ2) is 5.95. The predicted octanol–water partition coefficient (Wildman–Crippen LogP) is 3.84. The quantitative estimate of drug-likeness (QED) is 0.824. The Kier molecular flexibility index (Phi) is 4.50. The third kappa shape index (κ3) is 3.30. The van der Waals surface area contributed by atoms with Gasteiger partial charge in [0.2, 0.25) is 0 Å². The molecular weight excluding hydrogens is 251 g/mol. The highest BCUT2D eigenvalue weighted by molar-refractivity contribution is 5.24. The lowest BCUT2D eigenvalue weighted by Gasteiger charge is -2.33. The summed E-state index contributed by atoms with van der Waals surface area (Å²) in [5.41, 5.74) is 0.587. The van der Waals surface area contributed by atoms with E-state index in [0.29, 0.717) is 17.4 Å². The maximum atomic E-state index is 13.4. The molecule has 19 heavy (non-hydrogen) atoms. The smallest absolute Gasteiger partial charge is 0.194 e. The standard InChI is InChI=1S/C15H20F3N/c1-9(2)5-11-8-19-4-3-12(11)10-6-13(16)15(18)14(17)7-10/h6-7,9,11-12,19H,3-5,8H2,1-2H3. The Morgan fingerprint density at radius 2 is 1.84 bits per heavy atom. The van der Waals surface area contributed by atoms with Gasteiger partial charge in [-0.1, -0.05) is 13.8 Å². The lowest BCUT2D eigenvalue weighted by Crippen LogP contribution is -2.36. The molecule has 2 unspecified atom stereocenters. The van der Waals surface area contributed by atoms with Crippen molar-refractivity contribution in [1.82, 2.24) is 5.32 Å². The number of hydrogen-bond acceptors (Lipinski definition) is 1. The summed E-state index contributed by atoms with van der Waals surface area (Å²) in [6.45, 7) is 5.96. The second-order valence-corrected chi connectivity index (χ2v) is 5.79. The highest BCUT2D eigenvalue weighted by Crippen LogP contribution is 2.35. The first-order valence-electron chi connectivity index (χ1n) is 6.84. The molecule has 0 amide bonds. The molecule has 1 aliphatic heterocycles. The Hall–Kier alpha value is -1.03. The Morgan fingerprint density at radius 1 is 1.21 bits per heavy atom. The number of piperidine rings is 1. The molecule has 106 valence electrons. The Balaban J connectivity index is 2.27. The topological polar surface area (TPSA) is 12.0 Å². The predicted molar refractivity (Wildman–Crippen MR) is 69.5 cm³/mol. The van der Waals surface area contributed by atoms with Gasteiger partial charge in [0.15, 0.2) is 17.5 Å². The van der Waals surface area contributed by atoms with Crippen molar-refractivity contribution >= 4 is 0 Å². The molecule has 1 aliphatic rings. The zero-order valence-electron chi connectivity index (χ0n) is 11.3. The van der Waals surface area contributed by atoms with Crippen molar-refractivity contribution in [2.24, 2.45) is 11.8 Å². The summed E-state index contributed by atoms with van der Waals surface area (Å²) in [6.07, 6.45) is 1.83. The first-order chi connectivity index (χ1) is 8.99. The van der Waals surface area contributed by atoms with E-state index in [-0.39, 0.29) is 5.92 Å². The van der Waals surface area contributed by atoms with Crippen LogP contribution in [0.5, 0.6) is 0 Å². The fraction of sp³-hybridized carbons (Fsp3) is 0.600. The van der Waals surface area contributed by atoms with Crippen molar-refractivity contribution < 1.29 is 13.2 Å². The summed E-state index contributed by atoms with van der Waals surface area (Å²) in [5.74, 6) is -2.57. The van der Waals surface area contributed by atoms with Gasteiger partial charge in [-0.3, -0.25) is 0 Å². The molecule has 0 aromatic heterocycles. The van der Waals surface area contributed by atoms with Crippen LogP contribution in [0.15, 0.2) is 12.1 Å². The molecule has 1 aromatic rings. The van der Waals surface area contributed by atoms with E-state index in [0.717, 1.165) is 38.1 Å². The molecule has 0 bridgehead atoms. The molecule has 0 saturated carbocycles. The maximum absolute atomic E-state index is 13.4. The van der Waals surface area contributed by atoms with Gasteiger partial charge in [-0.15, -0.1) is 0 Å².